The Morgan fingerprint density at radius 3 is 2.54 bits per heavy atom. The maximum atomic E-state index is 12.4. The third kappa shape index (κ3) is 5.36. The molecule has 1 aromatic rings. The van der Waals surface area contributed by atoms with Gasteiger partial charge in [-0.3, -0.25) is 19.3 Å². The first-order valence-corrected chi connectivity index (χ1v) is 9.44. The first kappa shape index (κ1) is 20.0. The summed E-state index contributed by atoms with van der Waals surface area (Å²) < 4.78 is 10.6. The minimum Gasteiger partial charge on any atom is -0.494 e. The molecule has 0 aliphatic carbocycles. The second-order valence-corrected chi connectivity index (χ2v) is 6.89. The molecule has 1 saturated heterocycles. The lowest BCUT2D eigenvalue weighted by molar-refractivity contribution is -0.150. The predicted molar refractivity (Wildman–Crippen MR) is 101 cm³/mol. The van der Waals surface area contributed by atoms with Crippen LogP contribution in [0.3, 0.4) is 0 Å². The fourth-order valence-corrected chi connectivity index (χ4v) is 2.98. The molecule has 0 unspecified atom stereocenters. The van der Waals surface area contributed by atoms with Crippen molar-refractivity contribution in [2.75, 3.05) is 13.2 Å². The first-order chi connectivity index (χ1) is 12.4. The summed E-state index contributed by atoms with van der Waals surface area (Å²) in [7, 11) is 0. The van der Waals surface area contributed by atoms with Gasteiger partial charge in [-0.2, -0.15) is 0 Å². The molecule has 1 aliphatic heterocycles. The number of thioether (sulfide) groups is 1. The molecule has 1 atom stereocenters. The summed E-state index contributed by atoms with van der Waals surface area (Å²) in [6.07, 6.45) is 2.99. The zero-order valence-electron chi connectivity index (χ0n) is 15.2. The highest BCUT2D eigenvalue weighted by Gasteiger charge is 2.36. The van der Waals surface area contributed by atoms with Crippen LogP contribution in [0.25, 0.3) is 6.08 Å². The molecule has 0 radical (unpaired) electrons. The number of nitrogens with zero attached hydrogens (tertiary/aromatic N) is 1. The van der Waals surface area contributed by atoms with Crippen LogP contribution in [0.5, 0.6) is 5.75 Å². The molecule has 1 aliphatic rings. The van der Waals surface area contributed by atoms with Crippen LogP contribution in [0.15, 0.2) is 29.2 Å². The molecule has 2 amide bonds. The summed E-state index contributed by atoms with van der Waals surface area (Å²) in [6, 6.07) is 7.26. The van der Waals surface area contributed by atoms with Gasteiger partial charge in [0.25, 0.3) is 11.1 Å². The van der Waals surface area contributed by atoms with Crippen molar-refractivity contribution >= 4 is 35.0 Å². The molecular weight excluding hydrogens is 354 g/mol. The second-order valence-electron chi connectivity index (χ2n) is 5.89. The van der Waals surface area contributed by atoms with Crippen LogP contribution in [-0.4, -0.2) is 41.3 Å². The molecule has 0 saturated carbocycles. The average molecular weight is 377 g/mol. The lowest BCUT2D eigenvalue weighted by atomic mass is 10.2. The van der Waals surface area contributed by atoms with Gasteiger partial charge in [-0.1, -0.05) is 26.0 Å². The van der Waals surface area contributed by atoms with Gasteiger partial charge in [0, 0.05) is 0 Å². The van der Waals surface area contributed by atoms with Gasteiger partial charge in [-0.25, -0.2) is 0 Å². The van der Waals surface area contributed by atoms with E-state index in [1.165, 1.54) is 0 Å². The van der Waals surface area contributed by atoms with Gasteiger partial charge < -0.3 is 9.47 Å². The Morgan fingerprint density at radius 2 is 1.92 bits per heavy atom. The van der Waals surface area contributed by atoms with Gasteiger partial charge in [0.2, 0.25) is 0 Å². The highest BCUT2D eigenvalue weighted by Crippen LogP contribution is 2.32. The molecule has 140 valence electrons. The van der Waals surface area contributed by atoms with Gasteiger partial charge in [0.05, 0.1) is 17.6 Å². The van der Waals surface area contributed by atoms with Crippen molar-refractivity contribution < 1.29 is 23.9 Å². The van der Waals surface area contributed by atoms with E-state index in [4.69, 9.17) is 9.47 Å². The van der Waals surface area contributed by atoms with Crippen molar-refractivity contribution in [1.29, 1.82) is 0 Å². The SMILES string of the molecule is CCCOc1ccc(/C=C2\SC(=O)N(CC(=O)O[C@@H](C)CC)C2=O)cc1. The number of amides is 2. The summed E-state index contributed by atoms with van der Waals surface area (Å²) in [5, 5.41) is -0.467. The molecule has 1 aromatic carbocycles. The number of rotatable bonds is 8. The fourth-order valence-electron chi connectivity index (χ4n) is 2.14. The standard InChI is InChI=1S/C19H23NO5S/c1-4-10-24-15-8-6-14(7-9-15)11-16-18(22)20(19(23)26-16)12-17(21)25-13(3)5-2/h6-9,11,13H,4-5,10,12H2,1-3H3/b16-11-/t13-/m0/s1. The summed E-state index contributed by atoms with van der Waals surface area (Å²) in [5.74, 6) is -0.308. The van der Waals surface area contributed by atoms with Crippen molar-refractivity contribution in [2.24, 2.45) is 0 Å². The largest absolute Gasteiger partial charge is 0.494 e. The van der Waals surface area contributed by atoms with Crippen molar-refractivity contribution in [2.45, 2.75) is 39.7 Å². The van der Waals surface area contributed by atoms with E-state index in [0.717, 1.165) is 34.4 Å². The van der Waals surface area contributed by atoms with Crippen LogP contribution in [-0.2, 0) is 14.3 Å². The Kier molecular flexibility index (Phi) is 7.26. The average Bonchev–Trinajstić information content (AvgIpc) is 2.88. The fraction of sp³-hybridized carbons (Fsp3) is 0.421. The van der Waals surface area contributed by atoms with E-state index in [0.29, 0.717) is 13.0 Å². The molecular formula is C19H23NO5S. The molecule has 0 aromatic heterocycles. The van der Waals surface area contributed by atoms with Gasteiger partial charge in [0.1, 0.15) is 12.3 Å². The molecule has 2 rings (SSSR count). The number of benzene rings is 1. The van der Waals surface area contributed by atoms with E-state index in [-0.39, 0.29) is 17.6 Å². The quantitative estimate of drug-likeness (QED) is 0.506. The van der Waals surface area contributed by atoms with E-state index in [1.54, 1.807) is 13.0 Å². The molecule has 7 heteroatoms. The van der Waals surface area contributed by atoms with Crippen molar-refractivity contribution in [3.63, 3.8) is 0 Å². The van der Waals surface area contributed by atoms with Gasteiger partial charge in [-0.05, 0) is 55.3 Å². The third-order valence-corrected chi connectivity index (χ3v) is 4.63. The molecule has 0 spiro atoms. The maximum absolute atomic E-state index is 12.4. The normalized spacial score (nSPS) is 16.9. The third-order valence-electron chi connectivity index (χ3n) is 3.72. The zero-order chi connectivity index (χ0) is 19.1. The van der Waals surface area contributed by atoms with E-state index in [9.17, 15) is 14.4 Å². The minimum atomic E-state index is -0.583. The molecule has 0 N–H and O–H groups in total. The molecule has 1 heterocycles. The van der Waals surface area contributed by atoms with E-state index >= 15 is 0 Å². The van der Waals surface area contributed by atoms with Crippen LogP contribution in [0.1, 0.15) is 39.2 Å². The number of imide groups is 1. The van der Waals surface area contributed by atoms with Crippen LogP contribution in [0.2, 0.25) is 0 Å². The Labute approximate surface area is 157 Å². The predicted octanol–water partition coefficient (Wildman–Crippen LogP) is 3.85. The van der Waals surface area contributed by atoms with Gasteiger partial charge >= 0.3 is 5.97 Å². The molecule has 1 fully saturated rings. The van der Waals surface area contributed by atoms with Crippen LogP contribution in [0, 0.1) is 0 Å². The van der Waals surface area contributed by atoms with Crippen molar-refractivity contribution in [3.8, 4) is 5.75 Å². The number of hydrogen-bond donors (Lipinski definition) is 0. The smallest absolute Gasteiger partial charge is 0.326 e. The number of carbonyl (C=O) groups is 3. The first-order valence-electron chi connectivity index (χ1n) is 8.62. The zero-order valence-corrected chi connectivity index (χ0v) is 16.0. The van der Waals surface area contributed by atoms with Crippen LogP contribution in [0.4, 0.5) is 4.79 Å². The number of ether oxygens (including phenoxy) is 2. The van der Waals surface area contributed by atoms with Gasteiger partial charge in [0.15, 0.2) is 0 Å². The summed E-state index contributed by atoms with van der Waals surface area (Å²) >= 11 is 0.821. The lowest BCUT2D eigenvalue weighted by Gasteiger charge is -2.14. The Morgan fingerprint density at radius 1 is 1.23 bits per heavy atom. The highest BCUT2D eigenvalue weighted by molar-refractivity contribution is 8.18. The molecule has 26 heavy (non-hydrogen) atoms. The molecule has 6 nitrogen and oxygen atoms in total. The van der Waals surface area contributed by atoms with Crippen molar-refractivity contribution in [3.05, 3.63) is 34.7 Å². The summed E-state index contributed by atoms with van der Waals surface area (Å²) in [4.78, 5) is 37.5. The number of hydrogen-bond acceptors (Lipinski definition) is 6. The molecule has 0 bridgehead atoms. The Balaban J connectivity index is 2.03. The second kappa shape index (κ2) is 9.43. The topological polar surface area (TPSA) is 72.9 Å². The van der Waals surface area contributed by atoms with Crippen molar-refractivity contribution in [1.82, 2.24) is 4.90 Å². The Bertz CT molecular complexity index is 698. The van der Waals surface area contributed by atoms with Crippen LogP contribution < -0.4 is 4.74 Å². The van der Waals surface area contributed by atoms with E-state index in [1.807, 2.05) is 38.1 Å². The summed E-state index contributed by atoms with van der Waals surface area (Å²) in [6.45, 7) is 5.96. The Hall–Kier alpha value is -2.28. The van der Waals surface area contributed by atoms with E-state index in [2.05, 4.69) is 0 Å². The van der Waals surface area contributed by atoms with E-state index < -0.39 is 17.1 Å². The number of carbonyl (C=O) groups excluding carboxylic acids is 3. The van der Waals surface area contributed by atoms with Crippen LogP contribution >= 0.6 is 11.8 Å². The maximum Gasteiger partial charge on any atom is 0.326 e. The summed E-state index contributed by atoms with van der Waals surface area (Å²) in [5.41, 5.74) is 0.779. The number of esters is 1. The van der Waals surface area contributed by atoms with Gasteiger partial charge in [-0.15, -0.1) is 0 Å². The monoisotopic (exact) mass is 377 g/mol. The minimum absolute atomic E-state index is 0.244. The lowest BCUT2D eigenvalue weighted by Crippen LogP contribution is -2.35. The highest BCUT2D eigenvalue weighted by atomic mass is 32.2.